The highest BCUT2D eigenvalue weighted by Gasteiger charge is 1.96. The van der Waals surface area contributed by atoms with Crippen LogP contribution in [0.4, 0.5) is 0 Å². The lowest BCUT2D eigenvalue weighted by molar-refractivity contribution is -0.117. The Balaban J connectivity index is 0.000000206. The van der Waals surface area contributed by atoms with E-state index in [4.69, 9.17) is 4.74 Å². The Bertz CT molecular complexity index is 536. The maximum atomic E-state index is 10.1. The lowest BCUT2D eigenvalue weighted by atomic mass is 10.3. The molecule has 2 aromatic rings. The van der Waals surface area contributed by atoms with Gasteiger partial charge in [-0.1, -0.05) is 18.2 Å². The highest BCUT2D eigenvalue weighted by atomic mass is 32.2. The zero-order valence-corrected chi connectivity index (χ0v) is 12.3. The molecule has 0 spiro atoms. The first-order valence-corrected chi connectivity index (χ1v) is 6.65. The van der Waals surface area contributed by atoms with Gasteiger partial charge in [0, 0.05) is 30.8 Å². The summed E-state index contributed by atoms with van der Waals surface area (Å²) >= 11 is 0.870. The molecule has 2 rings (SSSR count). The van der Waals surface area contributed by atoms with Crippen molar-refractivity contribution >= 4 is 34.9 Å². The predicted octanol–water partition coefficient (Wildman–Crippen LogP) is 2.00. The van der Waals surface area contributed by atoms with Crippen LogP contribution in [0.15, 0.2) is 30.3 Å². The van der Waals surface area contributed by atoms with E-state index < -0.39 is 0 Å². The first kappa shape index (κ1) is 15.9. The first-order valence-electron chi connectivity index (χ1n) is 5.83. The topological polar surface area (TPSA) is 83.2 Å². The average molecular weight is 295 g/mol. The van der Waals surface area contributed by atoms with Crippen LogP contribution in [0.3, 0.4) is 0 Å². The van der Waals surface area contributed by atoms with E-state index in [-0.39, 0.29) is 11.8 Å². The summed E-state index contributed by atoms with van der Waals surface area (Å²) in [6, 6.07) is 10.1. The Morgan fingerprint density at radius 2 is 1.75 bits per heavy atom. The maximum Gasteiger partial charge on any atom is 0.228 e. The van der Waals surface area contributed by atoms with Crippen molar-refractivity contribution < 1.29 is 14.3 Å². The standard InChI is InChI=1S/C9H9NO.C4H8N2O2S/c1-11-9-6-7-4-2-3-5-8(7)10-9;1-3(7)5-9-6-4(2)8/h2-6,10H,1H3;1-2H3,(H,5,7)(H,6,8). The molecule has 0 fully saturated rings. The number of aromatic nitrogens is 1. The fourth-order valence-corrected chi connectivity index (χ4v) is 1.66. The third-order valence-corrected chi connectivity index (χ3v) is 2.89. The van der Waals surface area contributed by atoms with Crippen molar-refractivity contribution in [2.24, 2.45) is 0 Å². The highest BCUT2D eigenvalue weighted by molar-refractivity contribution is 7.96. The number of H-pyrrole nitrogens is 1. The van der Waals surface area contributed by atoms with E-state index in [1.54, 1.807) is 7.11 Å². The number of benzene rings is 1. The van der Waals surface area contributed by atoms with Gasteiger partial charge in [-0.05, 0) is 6.07 Å². The largest absolute Gasteiger partial charge is 0.482 e. The van der Waals surface area contributed by atoms with Gasteiger partial charge in [0.15, 0.2) is 5.88 Å². The van der Waals surface area contributed by atoms with Crippen LogP contribution in [0.2, 0.25) is 0 Å². The van der Waals surface area contributed by atoms with Crippen molar-refractivity contribution in [2.75, 3.05) is 7.11 Å². The number of fused-ring (bicyclic) bond motifs is 1. The summed E-state index contributed by atoms with van der Waals surface area (Å²) in [5.41, 5.74) is 1.12. The van der Waals surface area contributed by atoms with Crippen LogP contribution < -0.4 is 14.2 Å². The van der Waals surface area contributed by atoms with Crippen LogP contribution in [-0.2, 0) is 9.59 Å². The van der Waals surface area contributed by atoms with E-state index in [1.807, 2.05) is 30.3 Å². The van der Waals surface area contributed by atoms with Crippen molar-refractivity contribution in [3.63, 3.8) is 0 Å². The molecule has 1 aromatic heterocycles. The molecular weight excluding hydrogens is 278 g/mol. The molecule has 0 aliphatic heterocycles. The van der Waals surface area contributed by atoms with E-state index in [2.05, 4.69) is 14.4 Å². The molecule has 1 heterocycles. The SMILES string of the molecule is CC(=O)NSNC(C)=O.COc1cc2ccccc2[nH]1. The molecule has 108 valence electrons. The molecule has 0 aliphatic rings. The third-order valence-electron chi connectivity index (χ3n) is 2.11. The average Bonchev–Trinajstić information content (AvgIpc) is 2.81. The van der Waals surface area contributed by atoms with E-state index in [1.165, 1.54) is 19.2 Å². The number of amides is 2. The van der Waals surface area contributed by atoms with Crippen molar-refractivity contribution in [3.05, 3.63) is 30.3 Å². The molecule has 0 radical (unpaired) electrons. The molecule has 1 aromatic carbocycles. The van der Waals surface area contributed by atoms with Gasteiger partial charge in [-0.2, -0.15) is 0 Å². The van der Waals surface area contributed by atoms with Crippen LogP contribution in [-0.4, -0.2) is 23.9 Å². The number of aromatic amines is 1. The lowest BCUT2D eigenvalue weighted by Gasteiger charge is -1.97. The fraction of sp³-hybridized carbons (Fsp3) is 0.231. The summed E-state index contributed by atoms with van der Waals surface area (Å²) < 4.78 is 9.69. The van der Waals surface area contributed by atoms with Crippen LogP contribution in [0.1, 0.15) is 13.8 Å². The van der Waals surface area contributed by atoms with Crippen molar-refractivity contribution in [1.82, 2.24) is 14.4 Å². The van der Waals surface area contributed by atoms with Crippen molar-refractivity contribution in [3.8, 4) is 5.88 Å². The van der Waals surface area contributed by atoms with Gasteiger partial charge in [0.25, 0.3) is 0 Å². The number of methoxy groups -OCH3 is 1. The normalized spacial score (nSPS) is 9.35. The van der Waals surface area contributed by atoms with Crippen molar-refractivity contribution in [2.45, 2.75) is 13.8 Å². The summed E-state index contributed by atoms with van der Waals surface area (Å²) in [7, 11) is 1.66. The number of ether oxygens (including phenoxy) is 1. The zero-order chi connectivity index (χ0) is 15.0. The Hall–Kier alpha value is -2.15. The summed E-state index contributed by atoms with van der Waals surface area (Å²) in [6.45, 7) is 2.74. The number of nitrogens with one attached hydrogen (secondary N) is 3. The summed E-state index contributed by atoms with van der Waals surface area (Å²) in [6.07, 6.45) is 0. The second kappa shape index (κ2) is 8.11. The van der Waals surface area contributed by atoms with Gasteiger partial charge in [0.1, 0.15) is 0 Å². The molecule has 3 N–H and O–H groups in total. The Labute approximate surface area is 121 Å². The molecular formula is C13H17N3O3S. The third kappa shape index (κ3) is 5.66. The van der Waals surface area contributed by atoms with E-state index in [0.29, 0.717) is 0 Å². The molecule has 0 saturated carbocycles. The molecule has 6 nitrogen and oxygen atoms in total. The van der Waals surface area contributed by atoms with Gasteiger partial charge >= 0.3 is 0 Å². The number of rotatable bonds is 3. The van der Waals surface area contributed by atoms with E-state index in [0.717, 1.165) is 23.5 Å². The maximum absolute atomic E-state index is 10.1. The van der Waals surface area contributed by atoms with Crippen LogP contribution in [0.5, 0.6) is 5.88 Å². The molecule has 0 atom stereocenters. The molecule has 0 bridgehead atoms. The lowest BCUT2D eigenvalue weighted by Crippen LogP contribution is -2.20. The Kier molecular flexibility index (Phi) is 6.45. The van der Waals surface area contributed by atoms with Gasteiger partial charge in [-0.15, -0.1) is 0 Å². The van der Waals surface area contributed by atoms with Gasteiger partial charge in [0.05, 0.1) is 19.2 Å². The molecule has 7 heteroatoms. The second-order valence-corrected chi connectivity index (χ2v) is 4.46. The molecule has 2 amide bonds. The quantitative estimate of drug-likeness (QED) is 0.756. The van der Waals surface area contributed by atoms with Crippen LogP contribution in [0.25, 0.3) is 10.9 Å². The summed E-state index contributed by atoms with van der Waals surface area (Å²) in [5.74, 6) is 0.439. The molecule has 0 aliphatic carbocycles. The van der Waals surface area contributed by atoms with E-state index in [9.17, 15) is 9.59 Å². The Morgan fingerprint density at radius 3 is 2.25 bits per heavy atom. The minimum Gasteiger partial charge on any atom is -0.482 e. The second-order valence-electron chi connectivity index (χ2n) is 3.84. The minimum atomic E-state index is -0.186. The highest BCUT2D eigenvalue weighted by Crippen LogP contribution is 2.18. The number of carbonyl (C=O) groups excluding carboxylic acids is 2. The predicted molar refractivity (Wildman–Crippen MR) is 80.1 cm³/mol. The van der Waals surface area contributed by atoms with Crippen LogP contribution >= 0.6 is 12.1 Å². The van der Waals surface area contributed by atoms with Gasteiger partial charge < -0.3 is 9.72 Å². The van der Waals surface area contributed by atoms with Crippen LogP contribution in [0, 0.1) is 0 Å². The van der Waals surface area contributed by atoms with E-state index >= 15 is 0 Å². The number of para-hydroxylation sites is 1. The zero-order valence-electron chi connectivity index (χ0n) is 11.5. The summed E-state index contributed by atoms with van der Waals surface area (Å²) in [5, 5.41) is 1.18. The molecule has 0 saturated heterocycles. The smallest absolute Gasteiger partial charge is 0.228 e. The first-order chi connectivity index (χ1) is 9.52. The number of carbonyl (C=O) groups is 2. The van der Waals surface area contributed by atoms with Gasteiger partial charge in [-0.3, -0.25) is 19.0 Å². The van der Waals surface area contributed by atoms with Crippen molar-refractivity contribution in [1.29, 1.82) is 0 Å². The molecule has 20 heavy (non-hydrogen) atoms. The Morgan fingerprint density at radius 1 is 1.15 bits per heavy atom. The van der Waals surface area contributed by atoms with Gasteiger partial charge in [0.2, 0.25) is 11.8 Å². The van der Waals surface area contributed by atoms with Gasteiger partial charge in [-0.25, -0.2) is 0 Å². The monoisotopic (exact) mass is 295 g/mol. The number of hydrogen-bond donors (Lipinski definition) is 3. The number of hydrogen-bond acceptors (Lipinski definition) is 4. The summed E-state index contributed by atoms with van der Waals surface area (Å²) in [4.78, 5) is 23.4. The fourth-order valence-electron chi connectivity index (χ4n) is 1.33. The molecule has 0 unspecified atom stereocenters. The minimum absolute atomic E-state index is 0.186.